The Labute approximate surface area is 203 Å². The average Bonchev–Trinajstić information content (AvgIpc) is 3.51. The van der Waals surface area contributed by atoms with Crippen molar-refractivity contribution in [1.29, 1.82) is 0 Å². The summed E-state index contributed by atoms with van der Waals surface area (Å²) in [7, 11) is 0. The van der Waals surface area contributed by atoms with Crippen LogP contribution < -0.4 is 5.32 Å². The van der Waals surface area contributed by atoms with Gasteiger partial charge in [-0.15, -0.1) is 0 Å². The highest BCUT2D eigenvalue weighted by molar-refractivity contribution is 6.30. The molecule has 5 rings (SSSR count). The van der Waals surface area contributed by atoms with Crippen LogP contribution in [0.2, 0.25) is 5.02 Å². The number of piperidine rings is 1. The van der Waals surface area contributed by atoms with Gasteiger partial charge >= 0.3 is 0 Å². The van der Waals surface area contributed by atoms with E-state index in [1.54, 1.807) is 24.3 Å². The minimum atomic E-state index is -0.958. The lowest BCUT2D eigenvalue weighted by Gasteiger charge is -2.38. The number of ether oxygens (including phenoxy) is 1. The molecule has 0 radical (unpaired) electrons. The van der Waals surface area contributed by atoms with E-state index >= 15 is 0 Å². The second kappa shape index (κ2) is 9.58. The van der Waals surface area contributed by atoms with Crippen LogP contribution in [0.15, 0.2) is 46.9 Å². The molecule has 2 aliphatic rings. The number of fused-ring (bicyclic) bond motifs is 1. The molecule has 2 saturated heterocycles. The second-order valence-electron chi connectivity index (χ2n) is 9.29. The quantitative estimate of drug-likeness (QED) is 0.485. The van der Waals surface area contributed by atoms with Crippen molar-refractivity contribution >= 4 is 28.5 Å². The average molecular weight is 485 g/mol. The highest BCUT2D eigenvalue weighted by Gasteiger charge is 2.34. The number of hydrogen-bond donors (Lipinski definition) is 3. The molecule has 1 aromatic heterocycles. The molecule has 0 spiro atoms. The van der Waals surface area contributed by atoms with E-state index in [2.05, 4.69) is 10.2 Å². The minimum Gasteiger partial charge on any atom is -0.508 e. The van der Waals surface area contributed by atoms with E-state index in [4.69, 9.17) is 20.8 Å². The summed E-state index contributed by atoms with van der Waals surface area (Å²) in [6.45, 7) is 3.17. The maximum Gasteiger partial charge on any atom is 0.287 e. The van der Waals surface area contributed by atoms with E-state index in [-0.39, 0.29) is 23.5 Å². The van der Waals surface area contributed by atoms with Crippen LogP contribution in [0.5, 0.6) is 5.75 Å². The number of halogens is 1. The van der Waals surface area contributed by atoms with Crippen LogP contribution in [-0.4, -0.2) is 53.4 Å². The minimum absolute atomic E-state index is 0.0721. The summed E-state index contributed by atoms with van der Waals surface area (Å²) in [6.07, 6.45) is 3.18. The molecule has 1 atom stereocenters. The zero-order chi connectivity index (χ0) is 23.7. The third kappa shape index (κ3) is 4.93. The molecule has 0 unspecified atom stereocenters. The van der Waals surface area contributed by atoms with Gasteiger partial charge in [0.05, 0.1) is 11.7 Å². The number of aromatic hydroxyl groups is 1. The first-order valence-corrected chi connectivity index (χ1v) is 12.1. The molecule has 2 aliphatic heterocycles. The Bertz CT molecular complexity index is 1180. The van der Waals surface area contributed by atoms with Gasteiger partial charge < -0.3 is 24.7 Å². The predicted octanol–water partition coefficient (Wildman–Crippen LogP) is 4.18. The van der Waals surface area contributed by atoms with E-state index in [1.807, 2.05) is 18.2 Å². The van der Waals surface area contributed by atoms with Crippen LogP contribution in [0.1, 0.15) is 47.4 Å². The van der Waals surface area contributed by atoms with E-state index in [9.17, 15) is 15.0 Å². The Morgan fingerprint density at radius 2 is 2.00 bits per heavy atom. The number of rotatable bonds is 6. The first-order valence-electron chi connectivity index (χ1n) is 11.8. The van der Waals surface area contributed by atoms with E-state index in [0.717, 1.165) is 36.0 Å². The summed E-state index contributed by atoms with van der Waals surface area (Å²) in [4.78, 5) is 14.7. The van der Waals surface area contributed by atoms with E-state index in [0.29, 0.717) is 49.6 Å². The van der Waals surface area contributed by atoms with Gasteiger partial charge in [0.2, 0.25) is 0 Å². The summed E-state index contributed by atoms with van der Waals surface area (Å²) < 4.78 is 11.3. The molecule has 2 aromatic carbocycles. The molecular weight excluding hydrogens is 456 g/mol. The SMILES string of the molecule is O=C(NC[C@H]1CCCO1)c1cc2cc(C3(O)CCN(Cc4cc(Cl)ccc4O)CC3)ccc2o1. The lowest BCUT2D eigenvalue weighted by molar-refractivity contribution is -0.0277. The molecule has 1 amide bonds. The van der Waals surface area contributed by atoms with Gasteiger partial charge in [0, 0.05) is 48.8 Å². The predicted molar refractivity (Wildman–Crippen MR) is 129 cm³/mol. The number of phenolic OH excluding ortho intramolecular Hbond substituents is 1. The smallest absolute Gasteiger partial charge is 0.287 e. The van der Waals surface area contributed by atoms with Crippen LogP contribution in [0, 0.1) is 0 Å². The van der Waals surface area contributed by atoms with Crippen molar-refractivity contribution in [2.45, 2.75) is 43.9 Å². The molecule has 7 nitrogen and oxygen atoms in total. The Morgan fingerprint density at radius 3 is 2.76 bits per heavy atom. The molecular formula is C26H29ClN2O5. The molecule has 3 N–H and O–H groups in total. The molecule has 180 valence electrons. The van der Waals surface area contributed by atoms with Crippen molar-refractivity contribution in [3.05, 3.63) is 64.4 Å². The Balaban J connectivity index is 1.24. The number of carbonyl (C=O) groups excluding carboxylic acids is 1. The second-order valence-corrected chi connectivity index (χ2v) is 9.73. The van der Waals surface area contributed by atoms with Crippen LogP contribution in [0.25, 0.3) is 11.0 Å². The molecule has 3 aromatic rings. The number of amides is 1. The number of likely N-dealkylation sites (tertiary alicyclic amines) is 1. The van der Waals surface area contributed by atoms with E-state index in [1.165, 1.54) is 0 Å². The van der Waals surface area contributed by atoms with Gasteiger partial charge in [-0.1, -0.05) is 17.7 Å². The number of nitrogens with one attached hydrogen (secondary N) is 1. The largest absolute Gasteiger partial charge is 0.508 e. The van der Waals surface area contributed by atoms with E-state index < -0.39 is 5.60 Å². The van der Waals surface area contributed by atoms with Gasteiger partial charge in [-0.2, -0.15) is 0 Å². The number of hydrogen-bond acceptors (Lipinski definition) is 6. The lowest BCUT2D eigenvalue weighted by Crippen LogP contribution is -2.42. The maximum absolute atomic E-state index is 12.5. The van der Waals surface area contributed by atoms with Gasteiger partial charge in [0.1, 0.15) is 11.3 Å². The van der Waals surface area contributed by atoms with Crippen molar-refractivity contribution in [1.82, 2.24) is 10.2 Å². The Morgan fingerprint density at radius 1 is 1.18 bits per heavy atom. The summed E-state index contributed by atoms with van der Waals surface area (Å²) in [5, 5.41) is 25.7. The van der Waals surface area contributed by atoms with Crippen molar-refractivity contribution < 1.29 is 24.2 Å². The topological polar surface area (TPSA) is 95.2 Å². The van der Waals surface area contributed by atoms with Crippen LogP contribution in [0.3, 0.4) is 0 Å². The lowest BCUT2D eigenvalue weighted by atomic mass is 9.84. The molecule has 2 fully saturated rings. The number of nitrogens with zero attached hydrogens (tertiary/aromatic N) is 1. The van der Waals surface area contributed by atoms with Gasteiger partial charge in [0.15, 0.2) is 5.76 Å². The third-order valence-electron chi connectivity index (χ3n) is 6.91. The molecule has 3 heterocycles. The van der Waals surface area contributed by atoms with Crippen LogP contribution >= 0.6 is 11.6 Å². The Kier molecular flexibility index (Phi) is 6.53. The van der Waals surface area contributed by atoms with Gasteiger partial charge in [0.25, 0.3) is 5.91 Å². The first kappa shape index (κ1) is 23.2. The standard InChI is InChI=1S/C26H29ClN2O5/c27-20-4-5-22(30)18(13-20)16-29-9-7-26(32,8-10-29)19-3-6-23-17(12-19)14-24(34-23)25(31)28-15-21-2-1-11-33-21/h3-6,12-14,21,30,32H,1-2,7-11,15-16H2,(H,28,31)/t21-/m1/s1. The zero-order valence-electron chi connectivity index (χ0n) is 18.9. The first-order chi connectivity index (χ1) is 16.4. The summed E-state index contributed by atoms with van der Waals surface area (Å²) in [5.41, 5.74) is 1.25. The van der Waals surface area contributed by atoms with Crippen LogP contribution in [0.4, 0.5) is 0 Å². The zero-order valence-corrected chi connectivity index (χ0v) is 19.7. The third-order valence-corrected chi connectivity index (χ3v) is 7.15. The fraction of sp³-hybridized carbons (Fsp3) is 0.423. The number of benzene rings is 2. The van der Waals surface area contributed by atoms with Gasteiger partial charge in [-0.25, -0.2) is 0 Å². The molecule has 0 aliphatic carbocycles. The van der Waals surface area contributed by atoms with Gasteiger partial charge in [-0.05, 0) is 67.6 Å². The molecule has 0 saturated carbocycles. The monoisotopic (exact) mass is 484 g/mol. The molecule has 34 heavy (non-hydrogen) atoms. The fourth-order valence-corrected chi connectivity index (χ4v) is 5.03. The van der Waals surface area contributed by atoms with Crippen molar-refractivity contribution in [2.75, 3.05) is 26.2 Å². The molecule has 0 bridgehead atoms. The Hall–Kier alpha value is -2.58. The fourth-order valence-electron chi connectivity index (χ4n) is 4.84. The highest BCUT2D eigenvalue weighted by Crippen LogP contribution is 2.36. The number of carbonyl (C=O) groups is 1. The maximum atomic E-state index is 12.5. The number of phenols is 1. The summed E-state index contributed by atoms with van der Waals surface area (Å²) in [5.74, 6) is 0.226. The van der Waals surface area contributed by atoms with Crippen LogP contribution in [-0.2, 0) is 16.9 Å². The number of aliphatic hydroxyl groups is 1. The van der Waals surface area contributed by atoms with Gasteiger partial charge in [-0.3, -0.25) is 9.69 Å². The highest BCUT2D eigenvalue weighted by atomic mass is 35.5. The normalized spacial score (nSPS) is 20.6. The summed E-state index contributed by atoms with van der Waals surface area (Å²) >= 11 is 6.07. The summed E-state index contributed by atoms with van der Waals surface area (Å²) in [6, 6.07) is 12.4. The van der Waals surface area contributed by atoms with Crippen molar-refractivity contribution in [3.8, 4) is 5.75 Å². The number of furan rings is 1. The van der Waals surface area contributed by atoms with Crippen molar-refractivity contribution in [2.24, 2.45) is 0 Å². The van der Waals surface area contributed by atoms with Crippen molar-refractivity contribution in [3.63, 3.8) is 0 Å². The molecule has 8 heteroatoms.